The fraction of sp³-hybridized carbons (Fsp3) is 0.182. The molecular formula is C22H24N2O2S. The zero-order valence-electron chi connectivity index (χ0n) is 15.5. The minimum Gasteiger partial charge on any atom is -0.311 e. The number of hydrogen-bond acceptors (Lipinski definition) is 3. The molecule has 3 aromatic carbocycles. The Labute approximate surface area is 161 Å². The number of rotatable bonds is 7. The summed E-state index contributed by atoms with van der Waals surface area (Å²) in [6, 6.07) is 25.7. The molecule has 0 bridgehead atoms. The minimum atomic E-state index is -3.68. The first-order valence-corrected chi connectivity index (χ1v) is 10.4. The first-order valence-electron chi connectivity index (χ1n) is 8.87. The summed E-state index contributed by atoms with van der Waals surface area (Å²) < 4.78 is 29.0. The van der Waals surface area contributed by atoms with Gasteiger partial charge in [0.15, 0.2) is 0 Å². The summed E-state index contributed by atoms with van der Waals surface area (Å²) in [5.41, 5.74) is 2.93. The molecule has 0 saturated carbocycles. The normalized spacial score (nSPS) is 13.9. The van der Waals surface area contributed by atoms with Gasteiger partial charge in [0.2, 0.25) is 10.0 Å². The van der Waals surface area contributed by atoms with Crippen LogP contribution in [0.5, 0.6) is 0 Å². The van der Waals surface area contributed by atoms with E-state index in [9.17, 15) is 8.42 Å². The molecule has 1 unspecified atom stereocenters. The van der Waals surface area contributed by atoms with Crippen molar-refractivity contribution in [2.45, 2.75) is 23.9 Å². The Morgan fingerprint density at radius 2 is 1.19 bits per heavy atom. The monoisotopic (exact) mass is 380 g/mol. The molecule has 3 aromatic rings. The average molecular weight is 381 g/mol. The van der Waals surface area contributed by atoms with Crippen LogP contribution in [0.15, 0.2) is 89.8 Å². The van der Waals surface area contributed by atoms with E-state index in [4.69, 9.17) is 0 Å². The summed E-state index contributed by atoms with van der Waals surface area (Å²) in [5, 5.41) is 3.27. The van der Waals surface area contributed by atoms with Gasteiger partial charge in [-0.15, -0.1) is 0 Å². The van der Waals surface area contributed by atoms with Gasteiger partial charge in [0, 0.05) is 0 Å². The zero-order valence-corrected chi connectivity index (χ0v) is 16.3. The van der Waals surface area contributed by atoms with Crippen molar-refractivity contribution in [1.82, 2.24) is 10.0 Å². The number of sulfonamides is 1. The van der Waals surface area contributed by atoms with E-state index >= 15 is 0 Å². The van der Waals surface area contributed by atoms with Gasteiger partial charge in [-0.25, -0.2) is 13.1 Å². The SMILES string of the molecule is CN[C@@H](c1ccccc1)C(NS(=O)(=O)c1ccc(C)cc1)c1ccccc1. The Hall–Kier alpha value is -2.47. The molecule has 0 radical (unpaired) electrons. The van der Waals surface area contributed by atoms with Crippen LogP contribution >= 0.6 is 0 Å². The fourth-order valence-corrected chi connectivity index (χ4v) is 4.36. The molecule has 0 aliphatic heterocycles. The summed E-state index contributed by atoms with van der Waals surface area (Å²) >= 11 is 0. The Kier molecular flexibility index (Phi) is 6.06. The van der Waals surface area contributed by atoms with Crippen LogP contribution in [0.2, 0.25) is 0 Å². The lowest BCUT2D eigenvalue weighted by Gasteiger charge is -2.28. The molecule has 0 fully saturated rings. The van der Waals surface area contributed by atoms with E-state index in [1.54, 1.807) is 24.3 Å². The van der Waals surface area contributed by atoms with E-state index in [2.05, 4.69) is 10.0 Å². The highest BCUT2D eigenvalue weighted by atomic mass is 32.2. The lowest BCUT2D eigenvalue weighted by atomic mass is 9.94. The third-order valence-corrected chi connectivity index (χ3v) is 6.03. The number of aryl methyl sites for hydroxylation is 1. The van der Waals surface area contributed by atoms with Gasteiger partial charge in [-0.05, 0) is 37.2 Å². The molecule has 0 heterocycles. The van der Waals surface area contributed by atoms with Crippen molar-refractivity contribution in [3.63, 3.8) is 0 Å². The van der Waals surface area contributed by atoms with Crippen LogP contribution in [0.4, 0.5) is 0 Å². The van der Waals surface area contributed by atoms with E-state index in [0.29, 0.717) is 0 Å². The number of hydrogen-bond donors (Lipinski definition) is 2. The van der Waals surface area contributed by atoms with Crippen LogP contribution < -0.4 is 10.0 Å². The highest BCUT2D eigenvalue weighted by Gasteiger charge is 2.28. The second-order valence-electron chi connectivity index (χ2n) is 6.50. The molecule has 0 aliphatic carbocycles. The molecular weight excluding hydrogens is 356 g/mol. The first-order chi connectivity index (χ1) is 13.0. The fourth-order valence-electron chi connectivity index (χ4n) is 3.13. The molecule has 0 aliphatic rings. The molecule has 2 atom stereocenters. The molecule has 3 rings (SSSR count). The lowest BCUT2D eigenvalue weighted by Crippen LogP contribution is -2.37. The molecule has 4 nitrogen and oxygen atoms in total. The third-order valence-electron chi connectivity index (χ3n) is 4.58. The third kappa shape index (κ3) is 4.63. The van der Waals surface area contributed by atoms with Gasteiger partial charge < -0.3 is 5.32 Å². The van der Waals surface area contributed by atoms with Crippen molar-refractivity contribution in [1.29, 1.82) is 0 Å². The Balaban J connectivity index is 2.01. The van der Waals surface area contributed by atoms with E-state index in [0.717, 1.165) is 16.7 Å². The van der Waals surface area contributed by atoms with E-state index < -0.39 is 16.1 Å². The smallest absolute Gasteiger partial charge is 0.241 e. The quantitative estimate of drug-likeness (QED) is 0.652. The van der Waals surface area contributed by atoms with Gasteiger partial charge in [-0.3, -0.25) is 0 Å². The van der Waals surface area contributed by atoms with Crippen LogP contribution in [-0.2, 0) is 10.0 Å². The van der Waals surface area contributed by atoms with E-state index in [-0.39, 0.29) is 10.9 Å². The second kappa shape index (κ2) is 8.48. The van der Waals surface area contributed by atoms with Crippen molar-refractivity contribution in [2.24, 2.45) is 0 Å². The van der Waals surface area contributed by atoms with Gasteiger partial charge in [0.25, 0.3) is 0 Å². The van der Waals surface area contributed by atoms with Gasteiger partial charge in [0.05, 0.1) is 17.0 Å². The molecule has 2 N–H and O–H groups in total. The molecule has 0 saturated heterocycles. The summed E-state index contributed by atoms with van der Waals surface area (Å²) in [6.07, 6.45) is 0. The zero-order chi connectivity index (χ0) is 19.3. The summed E-state index contributed by atoms with van der Waals surface area (Å²) in [5.74, 6) is 0. The largest absolute Gasteiger partial charge is 0.311 e. The van der Waals surface area contributed by atoms with Crippen LogP contribution in [0.25, 0.3) is 0 Å². The summed E-state index contributed by atoms with van der Waals surface area (Å²) in [7, 11) is -1.84. The molecule has 5 heteroatoms. The van der Waals surface area contributed by atoms with Crippen molar-refractivity contribution in [2.75, 3.05) is 7.05 Å². The maximum Gasteiger partial charge on any atom is 0.241 e. The molecule has 27 heavy (non-hydrogen) atoms. The van der Waals surface area contributed by atoms with Crippen molar-refractivity contribution >= 4 is 10.0 Å². The topological polar surface area (TPSA) is 58.2 Å². The molecule has 140 valence electrons. The number of likely N-dealkylation sites (N-methyl/N-ethyl adjacent to an activating group) is 1. The van der Waals surface area contributed by atoms with E-state index in [1.807, 2.05) is 74.6 Å². The average Bonchev–Trinajstić information content (AvgIpc) is 2.69. The van der Waals surface area contributed by atoms with Crippen LogP contribution in [0.3, 0.4) is 0 Å². The highest BCUT2D eigenvalue weighted by molar-refractivity contribution is 7.89. The lowest BCUT2D eigenvalue weighted by molar-refractivity contribution is 0.451. The molecule has 0 amide bonds. The minimum absolute atomic E-state index is 0.214. The van der Waals surface area contributed by atoms with Gasteiger partial charge >= 0.3 is 0 Å². The highest BCUT2D eigenvalue weighted by Crippen LogP contribution is 2.30. The van der Waals surface area contributed by atoms with Crippen LogP contribution in [-0.4, -0.2) is 15.5 Å². The summed E-state index contributed by atoms with van der Waals surface area (Å²) in [6.45, 7) is 1.93. The Bertz CT molecular complexity index is 956. The number of nitrogens with one attached hydrogen (secondary N) is 2. The first kappa shape index (κ1) is 19.3. The van der Waals surface area contributed by atoms with Gasteiger partial charge in [0.1, 0.15) is 0 Å². The maximum absolute atomic E-state index is 13.0. The van der Waals surface area contributed by atoms with Crippen LogP contribution in [0.1, 0.15) is 28.8 Å². The maximum atomic E-state index is 13.0. The predicted molar refractivity (Wildman–Crippen MR) is 109 cm³/mol. The van der Waals surface area contributed by atoms with Crippen molar-refractivity contribution < 1.29 is 8.42 Å². The number of benzene rings is 3. The van der Waals surface area contributed by atoms with Crippen molar-refractivity contribution in [3.8, 4) is 0 Å². The van der Waals surface area contributed by atoms with Crippen molar-refractivity contribution in [3.05, 3.63) is 102 Å². The van der Waals surface area contributed by atoms with Gasteiger partial charge in [-0.2, -0.15) is 0 Å². The second-order valence-corrected chi connectivity index (χ2v) is 8.21. The standard InChI is InChI=1S/C22H24N2O2S/c1-17-13-15-20(16-14-17)27(25,26)24-22(19-11-7-4-8-12-19)21(23-2)18-9-5-3-6-10-18/h3-16,21-24H,1-2H3/t21-,22?/m0/s1. The molecule has 0 spiro atoms. The van der Waals surface area contributed by atoms with E-state index in [1.165, 1.54) is 0 Å². The Morgan fingerprint density at radius 3 is 1.67 bits per heavy atom. The summed E-state index contributed by atoms with van der Waals surface area (Å²) in [4.78, 5) is 0.261. The van der Waals surface area contributed by atoms with Crippen LogP contribution in [0, 0.1) is 6.92 Å². The Morgan fingerprint density at radius 1 is 0.704 bits per heavy atom. The molecule has 0 aromatic heterocycles. The predicted octanol–water partition coefficient (Wildman–Crippen LogP) is 3.98. The van der Waals surface area contributed by atoms with Gasteiger partial charge in [-0.1, -0.05) is 78.4 Å².